The van der Waals surface area contributed by atoms with E-state index in [1.54, 1.807) is 9.80 Å². The van der Waals surface area contributed by atoms with Gasteiger partial charge in [-0.2, -0.15) is 0 Å². The maximum atomic E-state index is 12.8. The molecule has 174 valence electrons. The summed E-state index contributed by atoms with van der Waals surface area (Å²) in [6.45, 7) is 4.03. The molecule has 2 heterocycles. The van der Waals surface area contributed by atoms with Crippen LogP contribution in [0.4, 0.5) is 16.2 Å². The lowest BCUT2D eigenvalue weighted by molar-refractivity contribution is -0.127. The van der Waals surface area contributed by atoms with E-state index in [2.05, 4.69) is 10.6 Å². The number of hydrogen-bond donors (Lipinski definition) is 2. The first kappa shape index (κ1) is 22.6. The summed E-state index contributed by atoms with van der Waals surface area (Å²) in [7, 11) is 0. The van der Waals surface area contributed by atoms with Crippen molar-refractivity contribution in [2.45, 2.75) is 32.2 Å². The summed E-state index contributed by atoms with van der Waals surface area (Å²) in [5, 5.41) is 5.99. The minimum Gasteiger partial charge on any atom is -0.494 e. The zero-order valence-electron chi connectivity index (χ0n) is 18.8. The smallest absolute Gasteiger partial charge is 0.321 e. The van der Waals surface area contributed by atoms with Gasteiger partial charge in [0.25, 0.3) is 0 Å². The summed E-state index contributed by atoms with van der Waals surface area (Å²) in [5.41, 5.74) is 1.54. The van der Waals surface area contributed by atoms with Crippen molar-refractivity contribution in [2.75, 3.05) is 36.5 Å². The van der Waals surface area contributed by atoms with E-state index >= 15 is 0 Å². The number of benzene rings is 2. The normalized spacial score (nSPS) is 18.8. The van der Waals surface area contributed by atoms with Crippen LogP contribution in [0.1, 0.15) is 26.2 Å². The third-order valence-corrected chi connectivity index (χ3v) is 6.11. The van der Waals surface area contributed by atoms with Crippen LogP contribution in [-0.4, -0.2) is 55.0 Å². The number of ether oxygens (including phenoxy) is 1. The average Bonchev–Trinajstić information content (AvgIpc) is 3.23. The fraction of sp³-hybridized carbons (Fsp3) is 0.400. The van der Waals surface area contributed by atoms with E-state index in [9.17, 15) is 14.4 Å². The van der Waals surface area contributed by atoms with E-state index in [-0.39, 0.29) is 36.2 Å². The minimum atomic E-state index is -0.372. The Kier molecular flexibility index (Phi) is 7.12. The molecular weight excluding hydrogens is 420 g/mol. The fourth-order valence-corrected chi connectivity index (χ4v) is 4.29. The molecule has 1 unspecified atom stereocenters. The van der Waals surface area contributed by atoms with Crippen LogP contribution >= 0.6 is 0 Å². The van der Waals surface area contributed by atoms with Gasteiger partial charge in [-0.15, -0.1) is 0 Å². The molecule has 0 aliphatic carbocycles. The maximum absolute atomic E-state index is 12.8. The highest BCUT2D eigenvalue weighted by atomic mass is 16.5. The van der Waals surface area contributed by atoms with E-state index in [1.165, 1.54) is 0 Å². The van der Waals surface area contributed by atoms with E-state index in [0.29, 0.717) is 39.1 Å². The molecule has 33 heavy (non-hydrogen) atoms. The Balaban J connectivity index is 1.24. The van der Waals surface area contributed by atoms with Crippen molar-refractivity contribution in [3.63, 3.8) is 0 Å². The number of nitrogens with one attached hydrogen (secondary N) is 2. The van der Waals surface area contributed by atoms with Crippen molar-refractivity contribution in [1.29, 1.82) is 0 Å². The number of amides is 4. The Labute approximate surface area is 193 Å². The molecule has 4 amide bonds. The standard InChI is InChI=1S/C25H30N4O4/c1-2-33-22-10-8-21(9-11-22)29-17-18(16-23(29)30)24(31)26-20-12-14-28(15-13-20)25(32)27-19-6-4-3-5-7-19/h3-11,18,20H,2,12-17H2,1H3,(H,26,31)(H,27,32). The Hall–Kier alpha value is -3.55. The molecule has 0 aromatic heterocycles. The quantitative estimate of drug-likeness (QED) is 0.707. The number of carbonyl (C=O) groups is 3. The minimum absolute atomic E-state index is 0.00732. The molecule has 2 aromatic rings. The van der Waals surface area contributed by atoms with E-state index in [4.69, 9.17) is 4.74 Å². The second-order valence-corrected chi connectivity index (χ2v) is 8.40. The highest BCUT2D eigenvalue weighted by Crippen LogP contribution is 2.27. The largest absolute Gasteiger partial charge is 0.494 e. The molecule has 2 fully saturated rings. The molecule has 0 saturated carbocycles. The molecule has 0 spiro atoms. The summed E-state index contributed by atoms with van der Waals surface area (Å²) in [6.07, 6.45) is 1.59. The summed E-state index contributed by atoms with van der Waals surface area (Å²) < 4.78 is 5.45. The first-order valence-corrected chi connectivity index (χ1v) is 11.5. The second-order valence-electron chi connectivity index (χ2n) is 8.40. The molecule has 0 radical (unpaired) electrons. The number of para-hydroxylation sites is 1. The van der Waals surface area contributed by atoms with Gasteiger partial charge in [-0.25, -0.2) is 4.79 Å². The van der Waals surface area contributed by atoms with Crippen LogP contribution in [0.3, 0.4) is 0 Å². The first-order chi connectivity index (χ1) is 16.0. The lowest BCUT2D eigenvalue weighted by Gasteiger charge is -2.32. The van der Waals surface area contributed by atoms with E-state index in [0.717, 1.165) is 17.1 Å². The lowest BCUT2D eigenvalue weighted by Crippen LogP contribution is -2.49. The SMILES string of the molecule is CCOc1ccc(N2CC(C(=O)NC3CCN(C(=O)Nc4ccccc4)CC3)CC2=O)cc1. The Morgan fingerprint density at radius 1 is 1.03 bits per heavy atom. The lowest BCUT2D eigenvalue weighted by atomic mass is 10.0. The number of rotatable bonds is 6. The molecule has 2 N–H and O–H groups in total. The van der Waals surface area contributed by atoms with Gasteiger partial charge < -0.3 is 25.2 Å². The van der Waals surface area contributed by atoms with Crippen LogP contribution in [0.5, 0.6) is 5.75 Å². The zero-order valence-corrected chi connectivity index (χ0v) is 18.8. The van der Waals surface area contributed by atoms with Gasteiger partial charge in [-0.1, -0.05) is 18.2 Å². The molecule has 0 bridgehead atoms. The predicted octanol–water partition coefficient (Wildman–Crippen LogP) is 3.25. The van der Waals surface area contributed by atoms with Crippen LogP contribution < -0.4 is 20.3 Å². The van der Waals surface area contributed by atoms with Gasteiger partial charge in [0.05, 0.1) is 12.5 Å². The average molecular weight is 451 g/mol. The highest BCUT2D eigenvalue weighted by Gasteiger charge is 2.36. The number of nitrogens with zero attached hydrogens (tertiary/aromatic N) is 2. The number of anilines is 2. The van der Waals surface area contributed by atoms with Gasteiger partial charge in [-0.05, 0) is 56.2 Å². The number of hydrogen-bond acceptors (Lipinski definition) is 4. The van der Waals surface area contributed by atoms with Crippen LogP contribution in [0.2, 0.25) is 0 Å². The van der Waals surface area contributed by atoms with Crippen LogP contribution in [0, 0.1) is 5.92 Å². The fourth-order valence-electron chi connectivity index (χ4n) is 4.29. The van der Waals surface area contributed by atoms with Crippen LogP contribution in [-0.2, 0) is 9.59 Å². The van der Waals surface area contributed by atoms with E-state index < -0.39 is 0 Å². The van der Waals surface area contributed by atoms with Crippen molar-refractivity contribution in [3.8, 4) is 5.75 Å². The summed E-state index contributed by atoms with van der Waals surface area (Å²) in [4.78, 5) is 41.2. The molecule has 2 aromatic carbocycles. The summed E-state index contributed by atoms with van der Waals surface area (Å²) in [6, 6.07) is 16.6. The molecule has 1 atom stereocenters. The monoisotopic (exact) mass is 450 g/mol. The highest BCUT2D eigenvalue weighted by molar-refractivity contribution is 6.00. The number of likely N-dealkylation sites (tertiary alicyclic amines) is 1. The molecule has 2 aliphatic rings. The topological polar surface area (TPSA) is 91.0 Å². The summed E-state index contributed by atoms with van der Waals surface area (Å²) >= 11 is 0. The molecule has 4 rings (SSSR count). The number of piperidine rings is 1. The molecule has 2 aliphatic heterocycles. The third-order valence-electron chi connectivity index (χ3n) is 6.11. The van der Waals surface area contributed by atoms with Gasteiger partial charge in [-0.3, -0.25) is 9.59 Å². The van der Waals surface area contributed by atoms with Gasteiger partial charge in [0.15, 0.2) is 0 Å². The van der Waals surface area contributed by atoms with E-state index in [1.807, 2.05) is 61.5 Å². The molecule has 8 nitrogen and oxygen atoms in total. The van der Waals surface area contributed by atoms with Crippen molar-refractivity contribution in [3.05, 3.63) is 54.6 Å². The van der Waals surface area contributed by atoms with Gasteiger partial charge in [0.1, 0.15) is 5.75 Å². The van der Waals surface area contributed by atoms with Crippen LogP contribution in [0.25, 0.3) is 0 Å². The van der Waals surface area contributed by atoms with Gasteiger partial charge in [0, 0.05) is 43.5 Å². The first-order valence-electron chi connectivity index (χ1n) is 11.5. The number of urea groups is 1. The summed E-state index contributed by atoms with van der Waals surface area (Å²) in [5.74, 6) is 0.241. The van der Waals surface area contributed by atoms with Crippen molar-refractivity contribution in [1.82, 2.24) is 10.2 Å². The maximum Gasteiger partial charge on any atom is 0.321 e. The molecule has 8 heteroatoms. The molecular formula is C25H30N4O4. The third kappa shape index (κ3) is 5.63. The van der Waals surface area contributed by atoms with Crippen molar-refractivity contribution >= 4 is 29.2 Å². The Morgan fingerprint density at radius 3 is 2.39 bits per heavy atom. The Morgan fingerprint density at radius 2 is 1.73 bits per heavy atom. The van der Waals surface area contributed by atoms with Crippen molar-refractivity contribution < 1.29 is 19.1 Å². The zero-order chi connectivity index (χ0) is 23.2. The van der Waals surface area contributed by atoms with Gasteiger partial charge >= 0.3 is 6.03 Å². The van der Waals surface area contributed by atoms with Crippen LogP contribution in [0.15, 0.2) is 54.6 Å². The predicted molar refractivity (Wildman–Crippen MR) is 126 cm³/mol. The van der Waals surface area contributed by atoms with Gasteiger partial charge in [0.2, 0.25) is 11.8 Å². The molecule has 2 saturated heterocycles. The number of carbonyl (C=O) groups excluding carboxylic acids is 3. The second kappa shape index (κ2) is 10.4. The Bertz CT molecular complexity index is 972. The van der Waals surface area contributed by atoms with Crippen molar-refractivity contribution in [2.24, 2.45) is 5.92 Å².